The van der Waals surface area contributed by atoms with Crippen LogP contribution in [0.5, 0.6) is 0 Å². The fourth-order valence-electron chi connectivity index (χ4n) is 1.50. The van der Waals surface area contributed by atoms with Gasteiger partial charge in [-0.2, -0.15) is 13.2 Å². The van der Waals surface area contributed by atoms with Crippen LogP contribution in [0.1, 0.15) is 11.3 Å². The van der Waals surface area contributed by atoms with Crippen LogP contribution in [0, 0.1) is 0 Å². The Bertz CT molecular complexity index is 523. The molecule has 0 saturated carbocycles. The zero-order valence-electron chi connectivity index (χ0n) is 9.78. The summed E-state index contributed by atoms with van der Waals surface area (Å²) in [6, 6.07) is 5.01. The molecule has 0 amide bonds. The Morgan fingerprint density at radius 3 is 2.32 bits per heavy atom. The van der Waals surface area contributed by atoms with Crippen molar-refractivity contribution in [2.45, 2.75) is 12.6 Å². The first kappa shape index (κ1) is 15.9. The second-order valence-electron chi connectivity index (χ2n) is 3.76. The SMILES string of the molecule is Cl.NCCc1csc(-c2ccc(C(F)(F)F)cc2)n1. The van der Waals surface area contributed by atoms with Crippen molar-refractivity contribution in [3.63, 3.8) is 0 Å². The summed E-state index contributed by atoms with van der Waals surface area (Å²) in [5.74, 6) is 0. The van der Waals surface area contributed by atoms with Gasteiger partial charge in [0.1, 0.15) is 5.01 Å². The molecule has 0 unspecified atom stereocenters. The topological polar surface area (TPSA) is 38.9 Å². The molecule has 0 saturated heterocycles. The van der Waals surface area contributed by atoms with Gasteiger partial charge >= 0.3 is 6.18 Å². The Hall–Kier alpha value is -1.11. The van der Waals surface area contributed by atoms with Crippen molar-refractivity contribution in [1.29, 1.82) is 0 Å². The van der Waals surface area contributed by atoms with Gasteiger partial charge in [0.15, 0.2) is 0 Å². The highest BCUT2D eigenvalue weighted by Crippen LogP contribution is 2.31. The Morgan fingerprint density at radius 2 is 1.79 bits per heavy atom. The van der Waals surface area contributed by atoms with Gasteiger partial charge in [-0.1, -0.05) is 12.1 Å². The number of benzene rings is 1. The maximum Gasteiger partial charge on any atom is 0.416 e. The lowest BCUT2D eigenvalue weighted by Gasteiger charge is -2.06. The highest BCUT2D eigenvalue weighted by Gasteiger charge is 2.30. The summed E-state index contributed by atoms with van der Waals surface area (Å²) < 4.78 is 37.2. The lowest BCUT2D eigenvalue weighted by Crippen LogP contribution is -2.04. The van der Waals surface area contributed by atoms with Crippen molar-refractivity contribution < 1.29 is 13.2 Å². The van der Waals surface area contributed by atoms with Crippen molar-refractivity contribution in [2.24, 2.45) is 5.73 Å². The van der Waals surface area contributed by atoms with E-state index in [4.69, 9.17) is 5.73 Å². The average Bonchev–Trinajstić information content (AvgIpc) is 2.77. The normalized spacial score (nSPS) is 11.2. The van der Waals surface area contributed by atoms with E-state index in [2.05, 4.69) is 4.98 Å². The van der Waals surface area contributed by atoms with E-state index in [1.54, 1.807) is 0 Å². The maximum atomic E-state index is 12.4. The standard InChI is InChI=1S/C12H11F3N2S.ClH/c13-12(14,15)9-3-1-8(2-4-9)11-17-10(5-6-16)7-18-11;/h1-4,7H,5-6,16H2;1H. The van der Waals surface area contributed by atoms with E-state index in [0.29, 0.717) is 23.5 Å². The van der Waals surface area contributed by atoms with E-state index in [1.807, 2.05) is 5.38 Å². The van der Waals surface area contributed by atoms with Gasteiger partial charge in [-0.15, -0.1) is 23.7 Å². The molecule has 1 aromatic heterocycles. The Labute approximate surface area is 118 Å². The van der Waals surface area contributed by atoms with Crippen LogP contribution in [0.4, 0.5) is 13.2 Å². The van der Waals surface area contributed by atoms with Crippen LogP contribution >= 0.6 is 23.7 Å². The third-order valence-electron chi connectivity index (χ3n) is 2.41. The molecule has 2 rings (SSSR count). The van der Waals surface area contributed by atoms with Crippen molar-refractivity contribution in [1.82, 2.24) is 4.98 Å². The summed E-state index contributed by atoms with van der Waals surface area (Å²) in [6.45, 7) is 0.510. The van der Waals surface area contributed by atoms with Gasteiger partial charge in [-0.25, -0.2) is 4.98 Å². The van der Waals surface area contributed by atoms with E-state index in [0.717, 1.165) is 17.8 Å². The van der Waals surface area contributed by atoms with E-state index in [1.165, 1.54) is 23.5 Å². The van der Waals surface area contributed by atoms with Crippen LogP contribution in [0.2, 0.25) is 0 Å². The average molecular weight is 309 g/mol. The first-order chi connectivity index (χ1) is 8.50. The highest BCUT2D eigenvalue weighted by atomic mass is 35.5. The molecular weight excluding hydrogens is 297 g/mol. The zero-order chi connectivity index (χ0) is 13.2. The molecule has 2 N–H and O–H groups in total. The van der Waals surface area contributed by atoms with Crippen molar-refractivity contribution in [3.8, 4) is 10.6 Å². The van der Waals surface area contributed by atoms with Gasteiger partial charge in [0.2, 0.25) is 0 Å². The van der Waals surface area contributed by atoms with Gasteiger partial charge in [-0.05, 0) is 18.7 Å². The molecular formula is C12H12ClF3N2S. The molecule has 0 radical (unpaired) electrons. The summed E-state index contributed by atoms with van der Waals surface area (Å²) in [5, 5.41) is 2.59. The zero-order valence-corrected chi connectivity index (χ0v) is 11.4. The van der Waals surface area contributed by atoms with Crippen molar-refractivity contribution in [2.75, 3.05) is 6.54 Å². The molecule has 104 valence electrons. The van der Waals surface area contributed by atoms with Gasteiger partial charge in [0.25, 0.3) is 0 Å². The third kappa shape index (κ3) is 3.92. The predicted molar refractivity (Wildman–Crippen MR) is 72.6 cm³/mol. The first-order valence-electron chi connectivity index (χ1n) is 5.33. The number of hydrogen-bond acceptors (Lipinski definition) is 3. The Balaban J connectivity index is 0.00000180. The molecule has 0 bridgehead atoms. The maximum absolute atomic E-state index is 12.4. The quantitative estimate of drug-likeness (QED) is 0.938. The molecule has 1 heterocycles. The molecule has 2 nitrogen and oxygen atoms in total. The van der Waals surface area contributed by atoms with Gasteiger partial charge in [0.05, 0.1) is 11.3 Å². The van der Waals surface area contributed by atoms with Crippen LogP contribution in [0.15, 0.2) is 29.6 Å². The van der Waals surface area contributed by atoms with E-state index in [-0.39, 0.29) is 12.4 Å². The van der Waals surface area contributed by atoms with Gasteiger partial charge < -0.3 is 5.73 Å². The lowest BCUT2D eigenvalue weighted by molar-refractivity contribution is -0.137. The monoisotopic (exact) mass is 308 g/mol. The molecule has 2 aromatic rings. The van der Waals surface area contributed by atoms with Crippen molar-refractivity contribution >= 4 is 23.7 Å². The smallest absolute Gasteiger partial charge is 0.330 e. The fourth-order valence-corrected chi connectivity index (χ4v) is 2.36. The third-order valence-corrected chi connectivity index (χ3v) is 3.35. The minimum absolute atomic E-state index is 0. The molecule has 1 aromatic carbocycles. The number of halogens is 4. The summed E-state index contributed by atoms with van der Waals surface area (Å²) in [7, 11) is 0. The summed E-state index contributed by atoms with van der Waals surface area (Å²) in [6.07, 6.45) is -3.62. The molecule has 0 aliphatic rings. The number of nitrogens with zero attached hydrogens (tertiary/aromatic N) is 1. The molecule has 0 spiro atoms. The second kappa shape index (κ2) is 6.36. The number of aromatic nitrogens is 1. The van der Waals surface area contributed by atoms with Crippen LogP contribution in [0.25, 0.3) is 10.6 Å². The van der Waals surface area contributed by atoms with Gasteiger partial charge in [0, 0.05) is 17.4 Å². The minimum Gasteiger partial charge on any atom is -0.330 e. The molecule has 19 heavy (non-hydrogen) atoms. The predicted octanol–water partition coefficient (Wildman–Crippen LogP) is 3.75. The highest BCUT2D eigenvalue weighted by molar-refractivity contribution is 7.13. The molecule has 7 heteroatoms. The van der Waals surface area contributed by atoms with Crippen molar-refractivity contribution in [3.05, 3.63) is 40.9 Å². The largest absolute Gasteiger partial charge is 0.416 e. The molecule has 0 aliphatic heterocycles. The summed E-state index contributed by atoms with van der Waals surface area (Å²) >= 11 is 1.41. The van der Waals surface area contributed by atoms with Crippen LogP contribution < -0.4 is 5.73 Å². The minimum atomic E-state index is -4.30. The molecule has 0 fully saturated rings. The summed E-state index contributed by atoms with van der Waals surface area (Å²) in [5.41, 5.74) is 6.33. The van der Waals surface area contributed by atoms with Gasteiger partial charge in [-0.3, -0.25) is 0 Å². The molecule has 0 atom stereocenters. The Kier molecular flexibility index (Phi) is 5.34. The van der Waals surface area contributed by atoms with Crippen LogP contribution in [-0.4, -0.2) is 11.5 Å². The van der Waals surface area contributed by atoms with Crippen LogP contribution in [-0.2, 0) is 12.6 Å². The fraction of sp³-hybridized carbons (Fsp3) is 0.250. The van der Waals surface area contributed by atoms with E-state index < -0.39 is 11.7 Å². The Morgan fingerprint density at radius 1 is 1.16 bits per heavy atom. The van der Waals surface area contributed by atoms with Crippen LogP contribution in [0.3, 0.4) is 0 Å². The summed E-state index contributed by atoms with van der Waals surface area (Å²) in [4.78, 5) is 4.32. The number of nitrogens with two attached hydrogens (primary N) is 1. The first-order valence-corrected chi connectivity index (χ1v) is 6.21. The van der Waals surface area contributed by atoms with E-state index >= 15 is 0 Å². The number of thiazole rings is 1. The second-order valence-corrected chi connectivity index (χ2v) is 4.62. The number of alkyl halides is 3. The number of hydrogen-bond donors (Lipinski definition) is 1. The lowest BCUT2D eigenvalue weighted by atomic mass is 10.1. The number of rotatable bonds is 3. The van der Waals surface area contributed by atoms with E-state index in [9.17, 15) is 13.2 Å². The molecule has 0 aliphatic carbocycles.